The number of likely N-dealkylation sites (N-methyl/N-ethyl adjacent to an activating group) is 2. The van der Waals surface area contributed by atoms with E-state index in [2.05, 4.69) is 85.8 Å². The summed E-state index contributed by atoms with van der Waals surface area (Å²) in [5.74, 6) is 0. The molecule has 0 radical (unpaired) electrons. The molecule has 1 atom stereocenters. The van der Waals surface area contributed by atoms with Gasteiger partial charge in [-0.1, -0.05) is 22.3 Å². The average molecular weight is 531 g/mol. The normalized spacial score (nSPS) is 21.5. The van der Waals surface area contributed by atoms with Gasteiger partial charge in [-0.05, 0) is 77.6 Å². The number of rotatable bonds is 5. The standard InChI is InChI=1S/C26H36BrN5S/c1-4-5-6-20-17-22(32-15-11-30(3)12-16-32)19-25-26(20)28-23-8-7-21(18-24(23)33(25)27)31-13-9-29(2)10-14-31/h7-8,17-19H,4-6,9-16H2,1-3H3. The molecule has 3 aliphatic heterocycles. The average Bonchev–Trinajstić information content (AvgIpc) is 2.84. The number of fused-ring (bicyclic) bond motifs is 2. The van der Waals surface area contributed by atoms with Crippen LogP contribution in [0.1, 0.15) is 25.3 Å². The number of unbranched alkanes of at least 4 members (excludes halogenated alkanes) is 1. The minimum atomic E-state index is -0.155. The zero-order valence-corrected chi connectivity index (χ0v) is 22.6. The topological polar surface area (TPSA) is 25.3 Å². The summed E-state index contributed by atoms with van der Waals surface area (Å²) in [6.07, 6.45) is 3.51. The van der Waals surface area contributed by atoms with Crippen LogP contribution in [0.15, 0.2) is 40.2 Å². The van der Waals surface area contributed by atoms with Crippen molar-refractivity contribution in [3.63, 3.8) is 0 Å². The molecule has 0 amide bonds. The van der Waals surface area contributed by atoms with E-state index in [1.54, 1.807) is 0 Å². The predicted octanol–water partition coefficient (Wildman–Crippen LogP) is 4.69. The SMILES string of the molecule is CCCCc1cc(N2CCN(C)CC2)cc2c1N=c1ccc(N3CCN(C)CC3)cc1=S2Br. The second-order valence-corrected chi connectivity index (χ2v) is 13.0. The zero-order chi connectivity index (χ0) is 22.9. The molecular weight excluding hydrogens is 494 g/mol. The first-order valence-corrected chi connectivity index (χ1v) is 15.4. The van der Waals surface area contributed by atoms with E-state index in [-0.39, 0.29) is 8.92 Å². The molecule has 2 fully saturated rings. The molecule has 0 spiro atoms. The van der Waals surface area contributed by atoms with E-state index in [0.29, 0.717) is 0 Å². The number of hydrogen-bond donors (Lipinski definition) is 0. The number of benzene rings is 2. The van der Waals surface area contributed by atoms with Crippen LogP contribution in [0.25, 0.3) is 0 Å². The van der Waals surface area contributed by atoms with Gasteiger partial charge < -0.3 is 19.6 Å². The third-order valence-electron chi connectivity index (χ3n) is 7.24. The van der Waals surface area contributed by atoms with Crippen molar-refractivity contribution in [3.8, 4) is 0 Å². The van der Waals surface area contributed by atoms with Gasteiger partial charge in [0.15, 0.2) is 0 Å². The monoisotopic (exact) mass is 529 g/mol. The lowest BCUT2D eigenvalue weighted by Gasteiger charge is -2.35. The van der Waals surface area contributed by atoms with Gasteiger partial charge in [0.2, 0.25) is 0 Å². The van der Waals surface area contributed by atoms with Crippen LogP contribution in [0.3, 0.4) is 0 Å². The molecule has 0 aliphatic carbocycles. The summed E-state index contributed by atoms with van der Waals surface area (Å²) in [4.78, 5) is 16.5. The van der Waals surface area contributed by atoms with E-state index in [0.717, 1.165) is 64.1 Å². The number of nitrogens with zero attached hydrogens (tertiary/aromatic N) is 5. The van der Waals surface area contributed by atoms with E-state index in [1.165, 1.54) is 44.9 Å². The maximum atomic E-state index is 5.23. The van der Waals surface area contributed by atoms with Gasteiger partial charge in [-0.2, -0.15) is 0 Å². The molecule has 1 unspecified atom stereocenters. The minimum Gasteiger partial charge on any atom is -0.369 e. The van der Waals surface area contributed by atoms with E-state index in [1.807, 2.05) is 0 Å². The molecule has 5 nitrogen and oxygen atoms in total. The summed E-state index contributed by atoms with van der Waals surface area (Å²) in [5, 5.41) is 1.13. The first-order chi connectivity index (χ1) is 16.0. The Morgan fingerprint density at radius 2 is 1.48 bits per heavy atom. The molecule has 2 saturated heterocycles. The van der Waals surface area contributed by atoms with E-state index < -0.39 is 0 Å². The summed E-state index contributed by atoms with van der Waals surface area (Å²) < 4.78 is 1.33. The van der Waals surface area contributed by atoms with Crippen LogP contribution in [0.5, 0.6) is 0 Å². The second kappa shape index (κ2) is 10.1. The maximum absolute atomic E-state index is 5.23. The number of halogens is 1. The zero-order valence-electron chi connectivity index (χ0n) is 20.2. The highest BCUT2D eigenvalue weighted by Crippen LogP contribution is 2.48. The van der Waals surface area contributed by atoms with Crippen molar-refractivity contribution in [1.29, 1.82) is 0 Å². The molecule has 3 aliphatic rings. The van der Waals surface area contributed by atoms with Crippen LogP contribution in [0.4, 0.5) is 17.1 Å². The van der Waals surface area contributed by atoms with Gasteiger partial charge in [-0.15, -0.1) is 0 Å². The van der Waals surface area contributed by atoms with Gasteiger partial charge in [0.1, 0.15) is 0 Å². The molecular formula is C26H36BrN5S. The summed E-state index contributed by atoms with van der Waals surface area (Å²) in [5.41, 5.74) is 5.33. The third-order valence-corrected chi connectivity index (χ3v) is 10.7. The van der Waals surface area contributed by atoms with Gasteiger partial charge >= 0.3 is 0 Å². The highest BCUT2D eigenvalue weighted by Gasteiger charge is 2.22. The first kappa shape index (κ1) is 23.3. The number of aryl methyl sites for hydroxylation is 1. The Kier molecular flexibility index (Phi) is 7.12. The second-order valence-electron chi connectivity index (χ2n) is 9.66. The van der Waals surface area contributed by atoms with Crippen LogP contribution in [-0.4, -0.2) is 76.3 Å². The summed E-state index contributed by atoms with van der Waals surface area (Å²) in [7, 11) is 4.28. The highest BCUT2D eigenvalue weighted by atomic mass is 79.9. The Bertz CT molecular complexity index is 1130. The van der Waals surface area contributed by atoms with Gasteiger partial charge in [-0.3, -0.25) is 0 Å². The van der Waals surface area contributed by atoms with Gasteiger partial charge in [-0.25, -0.2) is 4.99 Å². The van der Waals surface area contributed by atoms with Crippen molar-refractivity contribution in [1.82, 2.24) is 9.80 Å². The van der Waals surface area contributed by atoms with Crippen molar-refractivity contribution < 1.29 is 0 Å². The fourth-order valence-electron chi connectivity index (χ4n) is 4.96. The minimum absolute atomic E-state index is 0.155. The van der Waals surface area contributed by atoms with E-state index >= 15 is 0 Å². The third kappa shape index (κ3) is 4.88. The lowest BCUT2D eigenvalue weighted by atomic mass is 10.0. The number of hydrogen-bond acceptors (Lipinski definition) is 5. The Morgan fingerprint density at radius 3 is 2.12 bits per heavy atom. The number of piperazine rings is 2. The van der Waals surface area contributed by atoms with Crippen LogP contribution >= 0.6 is 23.7 Å². The molecule has 2 aromatic rings. The Labute approximate surface area is 208 Å². The Balaban J connectivity index is 1.56. The maximum Gasteiger partial charge on any atom is 0.0810 e. The van der Waals surface area contributed by atoms with Gasteiger partial charge in [0, 0.05) is 73.1 Å². The van der Waals surface area contributed by atoms with Crippen molar-refractivity contribution in [3.05, 3.63) is 45.8 Å². The fraction of sp³-hybridized carbons (Fsp3) is 0.538. The van der Waals surface area contributed by atoms with Crippen molar-refractivity contribution in [2.75, 3.05) is 76.3 Å². The molecule has 7 heteroatoms. The van der Waals surface area contributed by atoms with Crippen LogP contribution in [-0.2, 0) is 6.42 Å². The molecule has 0 saturated carbocycles. The molecule has 178 valence electrons. The molecule has 0 aromatic heterocycles. The van der Waals surface area contributed by atoms with Crippen molar-refractivity contribution in [2.45, 2.75) is 31.1 Å². The summed E-state index contributed by atoms with van der Waals surface area (Å²) in [6, 6.07) is 11.7. The Hall–Kier alpha value is -1.41. The van der Waals surface area contributed by atoms with Gasteiger partial charge in [0.05, 0.1) is 11.0 Å². The van der Waals surface area contributed by atoms with E-state index in [4.69, 9.17) is 4.99 Å². The lowest BCUT2D eigenvalue weighted by molar-refractivity contribution is 0.313. The van der Waals surface area contributed by atoms with Gasteiger partial charge in [0.25, 0.3) is 0 Å². The molecule has 0 N–H and O–H groups in total. The fourth-order valence-corrected chi connectivity index (χ4v) is 7.80. The number of anilines is 2. The Morgan fingerprint density at radius 1 is 0.848 bits per heavy atom. The van der Waals surface area contributed by atoms with Crippen LogP contribution < -0.4 is 15.2 Å². The van der Waals surface area contributed by atoms with Crippen LogP contribution in [0.2, 0.25) is 0 Å². The molecule has 5 rings (SSSR count). The quantitative estimate of drug-likeness (QED) is 0.524. The molecule has 3 heterocycles. The summed E-state index contributed by atoms with van der Waals surface area (Å²) in [6.45, 7) is 11.2. The molecule has 0 bridgehead atoms. The lowest BCUT2D eigenvalue weighted by Crippen LogP contribution is -2.44. The van der Waals surface area contributed by atoms with E-state index in [9.17, 15) is 0 Å². The molecule has 33 heavy (non-hydrogen) atoms. The first-order valence-electron chi connectivity index (χ1n) is 12.3. The van der Waals surface area contributed by atoms with Crippen LogP contribution in [0, 0.1) is 4.51 Å². The molecule has 2 aromatic carbocycles. The highest BCUT2D eigenvalue weighted by molar-refractivity contribution is 9.52. The van der Waals surface area contributed by atoms with Crippen molar-refractivity contribution in [2.24, 2.45) is 4.99 Å². The largest absolute Gasteiger partial charge is 0.369 e. The predicted molar refractivity (Wildman–Crippen MR) is 145 cm³/mol. The smallest absolute Gasteiger partial charge is 0.0810 e. The summed E-state index contributed by atoms with van der Waals surface area (Å²) >= 11 is 4.14. The van der Waals surface area contributed by atoms with Crippen molar-refractivity contribution >= 4 is 40.8 Å².